The number of rotatable bonds is 7. The fourth-order valence-corrected chi connectivity index (χ4v) is 3.94. The summed E-state index contributed by atoms with van der Waals surface area (Å²) in [5.74, 6) is 0.377. The largest absolute Gasteiger partial charge is 0.489 e. The van der Waals surface area contributed by atoms with Crippen molar-refractivity contribution in [2.24, 2.45) is 4.99 Å². The molecule has 8 nitrogen and oxygen atoms in total. The minimum absolute atomic E-state index is 0.206. The Morgan fingerprint density at radius 1 is 1.00 bits per heavy atom. The van der Waals surface area contributed by atoms with E-state index >= 15 is 0 Å². The fourth-order valence-electron chi connectivity index (χ4n) is 3.94. The summed E-state index contributed by atoms with van der Waals surface area (Å²) in [6.45, 7) is 7.40. The molecule has 0 aliphatic carbocycles. The second-order valence-electron chi connectivity index (χ2n) is 10.2. The highest BCUT2D eigenvalue weighted by molar-refractivity contribution is 5.89. The monoisotopic (exact) mass is 530 g/mol. The maximum atomic E-state index is 12.4. The molecule has 0 bridgehead atoms. The molecule has 1 aliphatic heterocycles. The molecule has 0 saturated carbocycles. The van der Waals surface area contributed by atoms with Crippen LogP contribution in [-0.4, -0.2) is 55.6 Å². The van der Waals surface area contributed by atoms with Gasteiger partial charge in [0.05, 0.1) is 31.5 Å². The van der Waals surface area contributed by atoms with Gasteiger partial charge in [0.25, 0.3) is 0 Å². The molecule has 0 aromatic heterocycles. The van der Waals surface area contributed by atoms with Crippen molar-refractivity contribution in [3.63, 3.8) is 0 Å². The lowest BCUT2D eigenvalue weighted by Gasteiger charge is -2.34. The zero-order valence-corrected chi connectivity index (χ0v) is 22.8. The molecule has 8 heteroatoms. The summed E-state index contributed by atoms with van der Waals surface area (Å²) >= 11 is 0. The van der Waals surface area contributed by atoms with Gasteiger partial charge < -0.3 is 23.8 Å². The van der Waals surface area contributed by atoms with E-state index < -0.39 is 5.60 Å². The van der Waals surface area contributed by atoms with Crippen LogP contribution in [0.4, 0.5) is 10.5 Å². The molecule has 1 amide bonds. The minimum Gasteiger partial charge on any atom is -0.489 e. The van der Waals surface area contributed by atoms with E-state index in [0.717, 1.165) is 28.1 Å². The van der Waals surface area contributed by atoms with Crippen molar-refractivity contribution in [3.8, 4) is 5.75 Å². The van der Waals surface area contributed by atoms with E-state index in [-0.39, 0.29) is 18.2 Å². The highest BCUT2D eigenvalue weighted by Gasteiger charge is 2.28. The molecule has 0 radical (unpaired) electrons. The van der Waals surface area contributed by atoms with Crippen molar-refractivity contribution >= 4 is 24.0 Å². The summed E-state index contributed by atoms with van der Waals surface area (Å²) in [6.07, 6.45) is 1.27. The number of amides is 1. The van der Waals surface area contributed by atoms with Gasteiger partial charge in [-0.15, -0.1) is 0 Å². The van der Waals surface area contributed by atoms with Crippen LogP contribution in [0.3, 0.4) is 0 Å². The van der Waals surface area contributed by atoms with E-state index in [1.165, 1.54) is 7.11 Å². The quantitative estimate of drug-likeness (QED) is 0.271. The first kappa shape index (κ1) is 27.9. The van der Waals surface area contributed by atoms with Gasteiger partial charge in [0.2, 0.25) is 0 Å². The van der Waals surface area contributed by atoms with Gasteiger partial charge in [0, 0.05) is 12.8 Å². The normalized spacial score (nSPS) is 15.7. The average Bonchev–Trinajstić information content (AvgIpc) is 2.95. The number of carbonyl (C=O) groups excluding carboxylic acids is 2. The minimum atomic E-state index is -0.529. The van der Waals surface area contributed by atoms with Crippen LogP contribution in [0.5, 0.6) is 5.75 Å². The number of ether oxygens (including phenoxy) is 4. The molecule has 39 heavy (non-hydrogen) atoms. The number of benzene rings is 3. The number of esters is 1. The van der Waals surface area contributed by atoms with Gasteiger partial charge in [0.1, 0.15) is 24.1 Å². The second-order valence-corrected chi connectivity index (χ2v) is 10.2. The third-order valence-electron chi connectivity index (χ3n) is 6.01. The standard InChI is InChI=1S/C31H34N2O6/c1-31(2,3)39-30(35)33-17-18-37-28(20-33)24-11-13-26(14-12-24)32-19-22-7-15-27(16-8-22)38-21-23-5-9-25(10-6-23)29(34)36-4/h5-16,19,28H,17-18,20-21H2,1-4H3. The van der Waals surface area contributed by atoms with E-state index in [4.69, 9.17) is 18.9 Å². The zero-order valence-electron chi connectivity index (χ0n) is 22.8. The SMILES string of the molecule is COC(=O)c1ccc(COc2ccc(C=Nc3ccc(C4CN(C(=O)OC(C)(C)C)CCO4)cc3)cc2)cc1. The summed E-state index contributed by atoms with van der Waals surface area (Å²) in [5, 5.41) is 0. The van der Waals surface area contributed by atoms with Crippen molar-refractivity contribution in [3.05, 3.63) is 95.1 Å². The van der Waals surface area contributed by atoms with Crippen LogP contribution < -0.4 is 4.74 Å². The van der Waals surface area contributed by atoms with Crippen molar-refractivity contribution in [1.29, 1.82) is 0 Å². The number of methoxy groups -OCH3 is 1. The molecule has 1 unspecified atom stereocenters. The van der Waals surface area contributed by atoms with E-state index in [9.17, 15) is 9.59 Å². The molecule has 1 heterocycles. The van der Waals surface area contributed by atoms with Gasteiger partial charge in [-0.05, 0) is 86.0 Å². The van der Waals surface area contributed by atoms with Gasteiger partial charge in [-0.1, -0.05) is 24.3 Å². The molecule has 0 N–H and O–H groups in total. The molecule has 3 aromatic rings. The zero-order chi connectivity index (χ0) is 27.8. The average molecular weight is 531 g/mol. The molecule has 1 atom stereocenters. The number of morpholine rings is 1. The van der Waals surface area contributed by atoms with E-state index in [1.54, 1.807) is 23.2 Å². The maximum absolute atomic E-state index is 12.4. The molecule has 4 rings (SSSR count). The molecule has 204 valence electrons. The molecule has 1 fully saturated rings. The van der Waals surface area contributed by atoms with Crippen molar-refractivity contribution in [2.75, 3.05) is 26.8 Å². The van der Waals surface area contributed by atoms with Gasteiger partial charge in [-0.3, -0.25) is 4.99 Å². The van der Waals surface area contributed by atoms with Crippen LogP contribution in [-0.2, 0) is 20.8 Å². The van der Waals surface area contributed by atoms with Crippen LogP contribution in [0.25, 0.3) is 0 Å². The van der Waals surface area contributed by atoms with E-state index in [0.29, 0.717) is 31.9 Å². The summed E-state index contributed by atoms with van der Waals surface area (Å²) < 4.78 is 22.0. The second kappa shape index (κ2) is 12.6. The first-order valence-electron chi connectivity index (χ1n) is 12.8. The number of hydrogen-bond acceptors (Lipinski definition) is 7. The van der Waals surface area contributed by atoms with Crippen LogP contribution in [0, 0.1) is 0 Å². The maximum Gasteiger partial charge on any atom is 0.410 e. The number of nitrogens with zero attached hydrogens (tertiary/aromatic N) is 2. The molecule has 1 saturated heterocycles. The van der Waals surface area contributed by atoms with Crippen LogP contribution in [0.2, 0.25) is 0 Å². The van der Waals surface area contributed by atoms with Crippen molar-refractivity contribution in [2.45, 2.75) is 39.1 Å². The Hall–Kier alpha value is -4.17. The summed E-state index contributed by atoms with van der Waals surface area (Å²) in [7, 11) is 1.36. The molecule has 1 aliphatic rings. The Kier molecular flexibility index (Phi) is 8.99. The number of aliphatic imine (C=N–C) groups is 1. The van der Waals surface area contributed by atoms with Gasteiger partial charge in [-0.25, -0.2) is 9.59 Å². The third kappa shape index (κ3) is 8.15. The Bertz CT molecular complexity index is 1280. The Labute approximate surface area is 229 Å². The third-order valence-corrected chi connectivity index (χ3v) is 6.01. The predicted octanol–water partition coefficient (Wildman–Crippen LogP) is 6.11. The topological polar surface area (TPSA) is 86.7 Å². The van der Waals surface area contributed by atoms with E-state index in [1.807, 2.05) is 81.4 Å². The summed E-state index contributed by atoms with van der Waals surface area (Å²) in [6, 6.07) is 22.6. The fraction of sp³-hybridized carbons (Fsp3) is 0.323. The molecular weight excluding hydrogens is 496 g/mol. The highest BCUT2D eigenvalue weighted by Crippen LogP contribution is 2.26. The Morgan fingerprint density at radius 3 is 2.33 bits per heavy atom. The lowest BCUT2D eigenvalue weighted by Crippen LogP contribution is -2.44. The highest BCUT2D eigenvalue weighted by atomic mass is 16.6. The molecule has 3 aromatic carbocycles. The number of hydrogen-bond donors (Lipinski definition) is 0. The number of carbonyl (C=O) groups is 2. The summed E-state index contributed by atoms with van der Waals surface area (Å²) in [5.41, 5.74) is 3.67. The smallest absolute Gasteiger partial charge is 0.410 e. The lowest BCUT2D eigenvalue weighted by molar-refractivity contribution is -0.0432. The van der Waals surface area contributed by atoms with Gasteiger partial charge >= 0.3 is 12.1 Å². The van der Waals surface area contributed by atoms with Crippen molar-refractivity contribution in [1.82, 2.24) is 4.90 Å². The first-order valence-corrected chi connectivity index (χ1v) is 12.8. The predicted molar refractivity (Wildman–Crippen MR) is 149 cm³/mol. The van der Waals surface area contributed by atoms with Crippen molar-refractivity contribution < 1.29 is 28.5 Å². The van der Waals surface area contributed by atoms with Crippen LogP contribution in [0.15, 0.2) is 77.8 Å². The molecule has 0 spiro atoms. The Morgan fingerprint density at radius 2 is 1.69 bits per heavy atom. The van der Waals surface area contributed by atoms with Gasteiger partial charge in [-0.2, -0.15) is 0 Å². The first-order chi connectivity index (χ1) is 18.7. The summed E-state index contributed by atoms with van der Waals surface area (Å²) in [4.78, 5) is 30.2. The van der Waals surface area contributed by atoms with Gasteiger partial charge in [0.15, 0.2) is 0 Å². The Balaban J connectivity index is 1.28. The molecular formula is C31H34N2O6. The van der Waals surface area contributed by atoms with Crippen LogP contribution in [0.1, 0.15) is 53.9 Å². The van der Waals surface area contributed by atoms with E-state index in [2.05, 4.69) is 4.99 Å². The van der Waals surface area contributed by atoms with Crippen LogP contribution >= 0.6 is 0 Å². The lowest BCUT2D eigenvalue weighted by atomic mass is 10.1.